The summed E-state index contributed by atoms with van der Waals surface area (Å²) < 4.78 is 0. The molecule has 154 valence electrons. The molecule has 0 radical (unpaired) electrons. The number of hydrogen-bond acceptors (Lipinski definition) is 4. The van der Waals surface area contributed by atoms with Crippen LogP contribution < -0.4 is 11.1 Å². The van der Waals surface area contributed by atoms with Crippen molar-refractivity contribution in [2.45, 2.75) is 39.0 Å². The molecule has 28 heavy (non-hydrogen) atoms. The lowest BCUT2D eigenvalue weighted by Gasteiger charge is -2.30. The largest absolute Gasteiger partial charge is 0.399 e. The molecule has 2 aromatic carbocycles. The second-order valence-corrected chi connectivity index (χ2v) is 7.03. The minimum Gasteiger partial charge on any atom is -0.399 e. The van der Waals surface area contributed by atoms with E-state index in [4.69, 9.17) is 5.73 Å². The van der Waals surface area contributed by atoms with E-state index in [0.717, 1.165) is 43.6 Å². The number of halogens is 2. The van der Waals surface area contributed by atoms with Crippen LogP contribution in [0.15, 0.2) is 42.5 Å². The molecule has 1 heterocycles. The Labute approximate surface area is 179 Å². The van der Waals surface area contributed by atoms with E-state index in [0.29, 0.717) is 17.8 Å². The third-order valence-corrected chi connectivity index (χ3v) is 5.02. The van der Waals surface area contributed by atoms with Crippen molar-refractivity contribution in [3.05, 3.63) is 64.7 Å². The summed E-state index contributed by atoms with van der Waals surface area (Å²) in [5, 5.41) is 12.7. The van der Waals surface area contributed by atoms with Crippen molar-refractivity contribution in [2.24, 2.45) is 0 Å². The van der Waals surface area contributed by atoms with Crippen molar-refractivity contribution in [2.75, 3.05) is 18.8 Å². The van der Waals surface area contributed by atoms with Gasteiger partial charge in [-0.25, -0.2) is 0 Å². The summed E-state index contributed by atoms with van der Waals surface area (Å²) in [6, 6.07) is 13.6. The van der Waals surface area contributed by atoms with Gasteiger partial charge >= 0.3 is 0 Å². The van der Waals surface area contributed by atoms with Gasteiger partial charge in [-0.15, -0.1) is 24.8 Å². The number of rotatable bonds is 5. The van der Waals surface area contributed by atoms with Crippen molar-refractivity contribution in [3.63, 3.8) is 0 Å². The molecule has 4 N–H and O–H groups in total. The van der Waals surface area contributed by atoms with E-state index in [-0.39, 0.29) is 36.8 Å². The standard InChI is InChI=1S/C21H27N3O2.2ClH/c1-15-6-7-18(22)12-20(15)21(26)23-13-16-4-2-3-5-17(16)14-24-10-8-19(25)9-11-24;;/h2-7,12,19,25H,8-11,13-14,22H2,1H3,(H,23,26);2*1H. The normalized spacial score (nSPS) is 14.6. The molecular formula is C21H29Cl2N3O2. The van der Waals surface area contributed by atoms with Crippen LogP contribution >= 0.6 is 24.8 Å². The third-order valence-electron chi connectivity index (χ3n) is 5.02. The molecule has 1 fully saturated rings. The minimum absolute atomic E-state index is 0. The lowest BCUT2D eigenvalue weighted by Crippen LogP contribution is -2.35. The first-order valence-electron chi connectivity index (χ1n) is 9.14. The van der Waals surface area contributed by atoms with Crippen molar-refractivity contribution in [3.8, 4) is 0 Å². The molecule has 1 aliphatic rings. The van der Waals surface area contributed by atoms with Crippen LogP contribution in [0.2, 0.25) is 0 Å². The number of nitrogens with one attached hydrogen (secondary N) is 1. The zero-order chi connectivity index (χ0) is 18.5. The number of piperidine rings is 1. The number of anilines is 1. The molecule has 0 atom stereocenters. The topological polar surface area (TPSA) is 78.6 Å². The number of carbonyl (C=O) groups excluding carboxylic acids is 1. The summed E-state index contributed by atoms with van der Waals surface area (Å²) in [5.74, 6) is -0.106. The summed E-state index contributed by atoms with van der Waals surface area (Å²) in [4.78, 5) is 14.9. The number of nitrogens with zero attached hydrogens (tertiary/aromatic N) is 1. The summed E-state index contributed by atoms with van der Waals surface area (Å²) in [7, 11) is 0. The number of nitrogens with two attached hydrogens (primary N) is 1. The molecule has 1 aliphatic heterocycles. The van der Waals surface area contributed by atoms with Crippen molar-refractivity contribution in [1.29, 1.82) is 0 Å². The fraction of sp³-hybridized carbons (Fsp3) is 0.381. The average molecular weight is 426 g/mol. The quantitative estimate of drug-likeness (QED) is 0.641. The number of likely N-dealkylation sites (tertiary alicyclic amines) is 1. The fourth-order valence-corrected chi connectivity index (χ4v) is 3.36. The van der Waals surface area contributed by atoms with Crippen LogP contribution in [-0.4, -0.2) is 35.1 Å². The van der Waals surface area contributed by atoms with Gasteiger partial charge in [0.1, 0.15) is 0 Å². The first-order valence-corrected chi connectivity index (χ1v) is 9.14. The molecule has 7 heteroatoms. The van der Waals surface area contributed by atoms with Crippen molar-refractivity contribution >= 4 is 36.4 Å². The van der Waals surface area contributed by atoms with Gasteiger partial charge in [-0.3, -0.25) is 9.69 Å². The highest BCUT2D eigenvalue weighted by Gasteiger charge is 2.18. The van der Waals surface area contributed by atoms with E-state index >= 15 is 0 Å². The van der Waals surface area contributed by atoms with E-state index in [1.54, 1.807) is 12.1 Å². The van der Waals surface area contributed by atoms with Crippen molar-refractivity contribution < 1.29 is 9.90 Å². The molecule has 0 bridgehead atoms. The van der Waals surface area contributed by atoms with Gasteiger partial charge in [0.2, 0.25) is 0 Å². The summed E-state index contributed by atoms with van der Waals surface area (Å²) in [6.07, 6.45) is 1.49. The first-order chi connectivity index (χ1) is 12.5. The Morgan fingerprint density at radius 1 is 1.14 bits per heavy atom. The Morgan fingerprint density at radius 2 is 1.79 bits per heavy atom. The lowest BCUT2D eigenvalue weighted by atomic mass is 10.0. The SMILES string of the molecule is Cc1ccc(N)cc1C(=O)NCc1ccccc1CN1CCC(O)CC1.Cl.Cl. The second-order valence-electron chi connectivity index (χ2n) is 7.03. The highest BCUT2D eigenvalue weighted by atomic mass is 35.5. The number of aliphatic hydroxyl groups is 1. The van der Waals surface area contributed by atoms with E-state index < -0.39 is 0 Å². The third kappa shape index (κ3) is 6.38. The Bertz CT molecular complexity index is 778. The number of nitrogen functional groups attached to an aromatic ring is 1. The number of benzene rings is 2. The van der Waals surface area contributed by atoms with Gasteiger partial charge in [-0.1, -0.05) is 30.3 Å². The molecule has 0 aromatic heterocycles. The van der Waals surface area contributed by atoms with E-state index in [1.807, 2.05) is 25.1 Å². The van der Waals surface area contributed by atoms with Gasteiger partial charge in [-0.05, 0) is 48.6 Å². The molecule has 1 amide bonds. The molecule has 0 saturated carbocycles. The maximum atomic E-state index is 12.5. The highest BCUT2D eigenvalue weighted by Crippen LogP contribution is 2.17. The molecule has 0 unspecified atom stereocenters. The van der Waals surface area contributed by atoms with Gasteiger partial charge in [0.15, 0.2) is 0 Å². The van der Waals surface area contributed by atoms with Crippen LogP contribution in [0, 0.1) is 6.92 Å². The number of hydrogen-bond donors (Lipinski definition) is 3. The van der Waals surface area contributed by atoms with Crippen LogP contribution in [0.1, 0.15) is 39.9 Å². The Hall–Kier alpha value is -1.79. The van der Waals surface area contributed by atoms with Gasteiger partial charge in [-0.2, -0.15) is 0 Å². The van der Waals surface area contributed by atoms with Crippen LogP contribution in [0.4, 0.5) is 5.69 Å². The lowest BCUT2D eigenvalue weighted by molar-refractivity contribution is 0.0790. The Morgan fingerprint density at radius 3 is 2.46 bits per heavy atom. The first kappa shape index (κ1) is 24.2. The molecular weight excluding hydrogens is 397 g/mol. The number of carbonyl (C=O) groups is 1. The van der Waals surface area contributed by atoms with Gasteiger partial charge < -0.3 is 16.2 Å². The maximum absolute atomic E-state index is 12.5. The monoisotopic (exact) mass is 425 g/mol. The molecule has 0 spiro atoms. The molecule has 0 aliphatic carbocycles. The number of amides is 1. The number of aryl methyl sites for hydroxylation is 1. The molecule has 3 rings (SSSR count). The average Bonchev–Trinajstić information content (AvgIpc) is 2.64. The Balaban J connectivity index is 0.00000196. The minimum atomic E-state index is -0.165. The highest BCUT2D eigenvalue weighted by molar-refractivity contribution is 5.96. The zero-order valence-corrected chi connectivity index (χ0v) is 17.7. The predicted octanol–water partition coefficient (Wildman–Crippen LogP) is 3.31. The molecule has 1 saturated heterocycles. The smallest absolute Gasteiger partial charge is 0.251 e. The summed E-state index contributed by atoms with van der Waals surface area (Å²) in [6.45, 7) is 5.05. The maximum Gasteiger partial charge on any atom is 0.251 e. The predicted molar refractivity (Wildman–Crippen MR) is 118 cm³/mol. The van der Waals surface area contributed by atoms with Crippen LogP contribution in [0.5, 0.6) is 0 Å². The van der Waals surface area contributed by atoms with Crippen LogP contribution in [0.25, 0.3) is 0 Å². The number of aliphatic hydroxyl groups excluding tert-OH is 1. The van der Waals surface area contributed by atoms with Crippen molar-refractivity contribution in [1.82, 2.24) is 10.2 Å². The summed E-state index contributed by atoms with van der Waals surface area (Å²) >= 11 is 0. The zero-order valence-electron chi connectivity index (χ0n) is 16.1. The van der Waals surface area contributed by atoms with E-state index in [2.05, 4.69) is 22.3 Å². The van der Waals surface area contributed by atoms with Crippen LogP contribution in [0.3, 0.4) is 0 Å². The Kier molecular flexibility index (Phi) is 9.76. The summed E-state index contributed by atoms with van der Waals surface area (Å²) in [5.41, 5.74) is 10.3. The molecule has 5 nitrogen and oxygen atoms in total. The van der Waals surface area contributed by atoms with Gasteiger partial charge in [0, 0.05) is 37.4 Å². The van der Waals surface area contributed by atoms with E-state index in [1.165, 1.54) is 5.56 Å². The van der Waals surface area contributed by atoms with Gasteiger partial charge in [0.25, 0.3) is 5.91 Å². The van der Waals surface area contributed by atoms with Crippen LogP contribution in [-0.2, 0) is 13.1 Å². The fourth-order valence-electron chi connectivity index (χ4n) is 3.36. The van der Waals surface area contributed by atoms with Gasteiger partial charge in [0.05, 0.1) is 6.10 Å². The second kappa shape index (κ2) is 11.3. The molecule has 2 aromatic rings. The van der Waals surface area contributed by atoms with E-state index in [9.17, 15) is 9.90 Å².